The summed E-state index contributed by atoms with van der Waals surface area (Å²) in [6.07, 6.45) is 15.2. The van der Waals surface area contributed by atoms with Crippen LogP contribution in [0.15, 0.2) is 0 Å². The molecule has 0 aliphatic carbocycles. The number of ether oxygens (including phenoxy) is 1. The first-order valence-corrected chi connectivity index (χ1v) is 12.6. The van der Waals surface area contributed by atoms with Gasteiger partial charge in [-0.25, -0.2) is 9.59 Å². The molecule has 0 saturated heterocycles. The fourth-order valence-corrected chi connectivity index (χ4v) is 3.45. The number of carboxylic acid groups (broad SMARTS) is 1. The highest BCUT2D eigenvalue weighted by Gasteiger charge is 2.23. The maximum Gasteiger partial charge on any atom is 0.408 e. The number of hydrogen-bond donors (Lipinski definition) is 3. The molecule has 0 aromatic heterocycles. The number of carbonyl (C=O) groups is 3. The second-order valence-corrected chi connectivity index (χ2v) is 9.67. The van der Waals surface area contributed by atoms with Gasteiger partial charge in [-0.3, -0.25) is 4.79 Å². The number of alkyl carbamates (subject to hydrolysis) is 1. The normalized spacial score (nSPS) is 12.2. The summed E-state index contributed by atoms with van der Waals surface area (Å²) in [5.41, 5.74) is -0.675. The van der Waals surface area contributed by atoms with Crippen molar-refractivity contribution in [3.63, 3.8) is 0 Å². The standard InChI is InChI=1S/C25H48N2O5/c1-5-6-7-8-9-10-11-12-13-14-15-19-22(28)26-20-17-16-18-21(23(29)30)27-24(31)32-25(2,3)4/h21H,5-20H2,1-4H3,(H,26,28)(H,27,31)(H,29,30)/t21-/m0/s1. The molecule has 188 valence electrons. The molecule has 3 N–H and O–H groups in total. The Hall–Kier alpha value is -1.79. The molecule has 2 amide bonds. The molecule has 7 heteroatoms. The van der Waals surface area contributed by atoms with Crippen LogP contribution in [0.5, 0.6) is 0 Å². The van der Waals surface area contributed by atoms with E-state index < -0.39 is 23.7 Å². The van der Waals surface area contributed by atoms with Gasteiger partial charge in [-0.05, 0) is 46.5 Å². The van der Waals surface area contributed by atoms with Crippen LogP contribution in [0.25, 0.3) is 0 Å². The summed E-state index contributed by atoms with van der Waals surface area (Å²) in [5, 5.41) is 14.5. The Bertz CT molecular complexity index is 517. The van der Waals surface area contributed by atoms with E-state index >= 15 is 0 Å². The summed E-state index contributed by atoms with van der Waals surface area (Å²) in [6, 6.07) is -0.989. The molecule has 32 heavy (non-hydrogen) atoms. The summed E-state index contributed by atoms with van der Waals surface area (Å²) >= 11 is 0. The largest absolute Gasteiger partial charge is 0.480 e. The van der Waals surface area contributed by atoms with Crippen LogP contribution in [0.2, 0.25) is 0 Å². The molecule has 0 aromatic rings. The van der Waals surface area contributed by atoms with E-state index in [0.29, 0.717) is 32.2 Å². The Morgan fingerprint density at radius 2 is 1.34 bits per heavy atom. The molecule has 0 heterocycles. The maximum absolute atomic E-state index is 11.9. The number of unbranched alkanes of at least 4 members (excludes halogenated alkanes) is 11. The van der Waals surface area contributed by atoms with Crippen LogP contribution < -0.4 is 10.6 Å². The molecule has 0 aromatic carbocycles. The molecule has 0 saturated carbocycles. The lowest BCUT2D eigenvalue weighted by Gasteiger charge is -2.22. The zero-order valence-electron chi connectivity index (χ0n) is 21.0. The molecular weight excluding hydrogens is 408 g/mol. The topological polar surface area (TPSA) is 105 Å². The Morgan fingerprint density at radius 1 is 0.812 bits per heavy atom. The number of hydrogen-bond acceptors (Lipinski definition) is 4. The lowest BCUT2D eigenvalue weighted by molar-refractivity contribution is -0.139. The fraction of sp³-hybridized carbons (Fsp3) is 0.880. The van der Waals surface area contributed by atoms with Crippen LogP contribution in [0, 0.1) is 0 Å². The van der Waals surface area contributed by atoms with Crippen molar-refractivity contribution in [1.82, 2.24) is 10.6 Å². The molecule has 0 bridgehead atoms. The highest BCUT2D eigenvalue weighted by atomic mass is 16.6. The first-order valence-electron chi connectivity index (χ1n) is 12.6. The molecule has 0 aliphatic rings. The molecule has 0 aliphatic heterocycles. The molecule has 0 rings (SSSR count). The molecular formula is C25H48N2O5. The van der Waals surface area contributed by atoms with Gasteiger partial charge < -0.3 is 20.5 Å². The van der Waals surface area contributed by atoms with Gasteiger partial charge in [-0.15, -0.1) is 0 Å². The van der Waals surface area contributed by atoms with Crippen molar-refractivity contribution in [2.45, 2.75) is 136 Å². The van der Waals surface area contributed by atoms with Crippen LogP contribution in [0.4, 0.5) is 4.79 Å². The number of nitrogens with one attached hydrogen (secondary N) is 2. The molecule has 0 unspecified atom stereocenters. The average molecular weight is 457 g/mol. The van der Waals surface area contributed by atoms with Gasteiger partial charge in [0.1, 0.15) is 11.6 Å². The molecule has 7 nitrogen and oxygen atoms in total. The number of carboxylic acids is 1. The van der Waals surface area contributed by atoms with Gasteiger partial charge in [0.15, 0.2) is 0 Å². The Balaban J connectivity index is 3.67. The van der Waals surface area contributed by atoms with E-state index in [1.165, 1.54) is 57.8 Å². The summed E-state index contributed by atoms with van der Waals surface area (Å²) in [4.78, 5) is 35.0. The second kappa shape index (κ2) is 18.8. The van der Waals surface area contributed by atoms with Crippen LogP contribution in [0.1, 0.15) is 124 Å². The highest BCUT2D eigenvalue weighted by molar-refractivity contribution is 5.80. The summed E-state index contributed by atoms with van der Waals surface area (Å²) in [6.45, 7) is 7.94. The van der Waals surface area contributed by atoms with Crippen molar-refractivity contribution in [3.8, 4) is 0 Å². The summed E-state index contributed by atoms with van der Waals surface area (Å²) < 4.78 is 5.10. The third-order valence-corrected chi connectivity index (χ3v) is 5.24. The average Bonchev–Trinajstić information content (AvgIpc) is 2.69. The first kappa shape index (κ1) is 30.2. The third-order valence-electron chi connectivity index (χ3n) is 5.24. The Morgan fingerprint density at radius 3 is 1.84 bits per heavy atom. The smallest absolute Gasteiger partial charge is 0.408 e. The van der Waals surface area contributed by atoms with Gasteiger partial charge in [0.2, 0.25) is 5.91 Å². The minimum absolute atomic E-state index is 0.0580. The lowest BCUT2D eigenvalue weighted by Crippen LogP contribution is -2.43. The van der Waals surface area contributed by atoms with Crippen molar-refractivity contribution < 1.29 is 24.2 Å². The maximum atomic E-state index is 11.9. The first-order chi connectivity index (χ1) is 15.2. The van der Waals surface area contributed by atoms with E-state index in [2.05, 4.69) is 17.6 Å². The van der Waals surface area contributed by atoms with Crippen molar-refractivity contribution in [3.05, 3.63) is 0 Å². The zero-order valence-corrected chi connectivity index (χ0v) is 21.0. The second-order valence-electron chi connectivity index (χ2n) is 9.67. The predicted octanol–water partition coefficient (Wildman–Crippen LogP) is 5.95. The van der Waals surface area contributed by atoms with Crippen molar-refractivity contribution >= 4 is 18.0 Å². The van der Waals surface area contributed by atoms with E-state index in [1.54, 1.807) is 20.8 Å². The number of aliphatic carboxylic acids is 1. The van der Waals surface area contributed by atoms with Crippen LogP contribution in [-0.4, -0.2) is 41.3 Å². The van der Waals surface area contributed by atoms with Gasteiger partial charge in [0.25, 0.3) is 0 Å². The number of amides is 2. The monoisotopic (exact) mass is 456 g/mol. The zero-order chi connectivity index (χ0) is 24.2. The van der Waals surface area contributed by atoms with E-state index in [-0.39, 0.29) is 5.91 Å². The third kappa shape index (κ3) is 20.1. The van der Waals surface area contributed by atoms with Crippen LogP contribution in [-0.2, 0) is 14.3 Å². The van der Waals surface area contributed by atoms with E-state index in [9.17, 15) is 19.5 Å². The number of rotatable bonds is 19. The molecule has 0 spiro atoms. The van der Waals surface area contributed by atoms with Crippen molar-refractivity contribution in [2.75, 3.05) is 6.54 Å². The molecule has 0 radical (unpaired) electrons. The van der Waals surface area contributed by atoms with E-state index in [4.69, 9.17) is 4.74 Å². The van der Waals surface area contributed by atoms with Gasteiger partial charge in [0, 0.05) is 13.0 Å². The summed E-state index contributed by atoms with van der Waals surface area (Å²) in [7, 11) is 0. The summed E-state index contributed by atoms with van der Waals surface area (Å²) in [5.74, 6) is -1.03. The van der Waals surface area contributed by atoms with Crippen LogP contribution >= 0.6 is 0 Å². The lowest BCUT2D eigenvalue weighted by atomic mass is 10.1. The molecule has 0 fully saturated rings. The SMILES string of the molecule is CCCCCCCCCCCCCC(=O)NCCCC[C@H](NC(=O)OC(C)(C)C)C(=O)O. The van der Waals surface area contributed by atoms with Gasteiger partial charge in [-0.2, -0.15) is 0 Å². The minimum atomic E-state index is -1.09. The Labute approximate surface area is 195 Å². The van der Waals surface area contributed by atoms with Gasteiger partial charge in [-0.1, -0.05) is 71.1 Å². The van der Waals surface area contributed by atoms with Gasteiger partial charge >= 0.3 is 12.1 Å². The van der Waals surface area contributed by atoms with Gasteiger partial charge in [0.05, 0.1) is 0 Å². The van der Waals surface area contributed by atoms with Crippen molar-refractivity contribution in [2.24, 2.45) is 0 Å². The predicted molar refractivity (Wildman–Crippen MR) is 129 cm³/mol. The van der Waals surface area contributed by atoms with Crippen molar-refractivity contribution in [1.29, 1.82) is 0 Å². The fourth-order valence-electron chi connectivity index (χ4n) is 3.45. The van der Waals surface area contributed by atoms with E-state index in [1.807, 2.05) is 0 Å². The number of carbonyl (C=O) groups excluding carboxylic acids is 2. The Kier molecular flexibility index (Phi) is 17.7. The molecule has 1 atom stereocenters. The quantitative estimate of drug-likeness (QED) is 0.208. The minimum Gasteiger partial charge on any atom is -0.480 e. The van der Waals surface area contributed by atoms with E-state index in [0.717, 1.165) is 12.8 Å². The highest BCUT2D eigenvalue weighted by Crippen LogP contribution is 2.12. The van der Waals surface area contributed by atoms with Crippen LogP contribution in [0.3, 0.4) is 0 Å².